The minimum absolute atomic E-state index is 0.0686. The normalized spacial score (nSPS) is 12.8. The first-order chi connectivity index (χ1) is 9.99. The molecule has 1 aromatic heterocycles. The van der Waals surface area contributed by atoms with Gasteiger partial charge in [-0.1, -0.05) is 19.1 Å². The van der Waals surface area contributed by atoms with Gasteiger partial charge in [0.2, 0.25) is 0 Å². The summed E-state index contributed by atoms with van der Waals surface area (Å²) in [6, 6.07) is 10.4. The summed E-state index contributed by atoms with van der Waals surface area (Å²) in [6.07, 6.45) is 0.932. The Hall–Kier alpha value is -1.94. The van der Waals surface area contributed by atoms with Crippen molar-refractivity contribution in [3.8, 4) is 0 Å². The van der Waals surface area contributed by atoms with Gasteiger partial charge in [0.1, 0.15) is 0 Å². The molecule has 0 aliphatic heterocycles. The van der Waals surface area contributed by atoms with E-state index < -0.39 is 5.97 Å². The number of benzene rings is 1. The molecule has 0 spiro atoms. The Morgan fingerprint density at radius 1 is 1.33 bits per heavy atom. The SMILES string of the molecule is CCC(C)N(CC(=O)O)Cc1ccc2nc(C)ccc2c1. The highest BCUT2D eigenvalue weighted by Gasteiger charge is 2.16. The maximum absolute atomic E-state index is 11.0. The van der Waals surface area contributed by atoms with E-state index in [0.717, 1.165) is 28.6 Å². The molecular formula is C17H22N2O2. The summed E-state index contributed by atoms with van der Waals surface area (Å²) in [5.74, 6) is -0.784. The second kappa shape index (κ2) is 6.68. The summed E-state index contributed by atoms with van der Waals surface area (Å²) >= 11 is 0. The molecule has 21 heavy (non-hydrogen) atoms. The van der Waals surface area contributed by atoms with Gasteiger partial charge in [-0.3, -0.25) is 14.7 Å². The molecule has 0 fully saturated rings. The molecule has 1 unspecified atom stereocenters. The van der Waals surface area contributed by atoms with Crippen LogP contribution in [0.2, 0.25) is 0 Å². The molecule has 1 heterocycles. The van der Waals surface area contributed by atoms with E-state index >= 15 is 0 Å². The molecule has 0 radical (unpaired) electrons. The molecular weight excluding hydrogens is 264 g/mol. The topological polar surface area (TPSA) is 53.4 Å². The van der Waals surface area contributed by atoms with Gasteiger partial charge in [0.05, 0.1) is 12.1 Å². The number of hydrogen-bond donors (Lipinski definition) is 1. The van der Waals surface area contributed by atoms with Gasteiger partial charge in [0.15, 0.2) is 0 Å². The maximum Gasteiger partial charge on any atom is 0.317 e. The fraction of sp³-hybridized carbons (Fsp3) is 0.412. The number of aryl methyl sites for hydroxylation is 1. The van der Waals surface area contributed by atoms with Crippen molar-refractivity contribution in [2.45, 2.75) is 39.8 Å². The zero-order valence-corrected chi connectivity index (χ0v) is 12.8. The lowest BCUT2D eigenvalue weighted by atomic mass is 10.1. The molecule has 0 bridgehead atoms. The predicted molar refractivity (Wildman–Crippen MR) is 84.3 cm³/mol. The average molecular weight is 286 g/mol. The molecule has 1 aromatic carbocycles. The summed E-state index contributed by atoms with van der Waals surface area (Å²) in [6.45, 7) is 6.83. The Morgan fingerprint density at radius 3 is 2.76 bits per heavy atom. The fourth-order valence-corrected chi connectivity index (χ4v) is 2.41. The summed E-state index contributed by atoms with van der Waals surface area (Å²) in [7, 11) is 0. The van der Waals surface area contributed by atoms with Crippen LogP contribution >= 0.6 is 0 Å². The molecule has 1 atom stereocenters. The van der Waals surface area contributed by atoms with Crippen molar-refractivity contribution in [1.82, 2.24) is 9.88 Å². The highest BCUT2D eigenvalue weighted by atomic mass is 16.4. The van der Waals surface area contributed by atoms with Crippen LogP contribution < -0.4 is 0 Å². The third kappa shape index (κ3) is 4.02. The smallest absolute Gasteiger partial charge is 0.317 e. The molecule has 2 aromatic rings. The summed E-state index contributed by atoms with van der Waals surface area (Å²) in [5, 5.41) is 10.2. The Balaban J connectivity index is 2.23. The monoisotopic (exact) mass is 286 g/mol. The van der Waals surface area contributed by atoms with Gasteiger partial charge in [-0.2, -0.15) is 0 Å². The molecule has 4 nitrogen and oxygen atoms in total. The van der Waals surface area contributed by atoms with Crippen molar-refractivity contribution in [3.05, 3.63) is 41.6 Å². The van der Waals surface area contributed by atoms with Crippen molar-refractivity contribution in [3.63, 3.8) is 0 Å². The number of aromatic nitrogens is 1. The summed E-state index contributed by atoms with van der Waals surface area (Å²) < 4.78 is 0. The summed E-state index contributed by atoms with van der Waals surface area (Å²) in [5.41, 5.74) is 3.10. The van der Waals surface area contributed by atoms with Crippen molar-refractivity contribution in [2.75, 3.05) is 6.54 Å². The second-order valence-electron chi connectivity index (χ2n) is 5.54. The number of carboxylic acids is 1. The number of pyridine rings is 1. The first kappa shape index (κ1) is 15.4. The van der Waals surface area contributed by atoms with Crippen molar-refractivity contribution in [1.29, 1.82) is 0 Å². The van der Waals surface area contributed by atoms with Crippen LogP contribution in [0.3, 0.4) is 0 Å². The van der Waals surface area contributed by atoms with Gasteiger partial charge < -0.3 is 5.11 Å². The van der Waals surface area contributed by atoms with E-state index in [1.807, 2.05) is 30.0 Å². The van der Waals surface area contributed by atoms with Crippen LogP contribution in [-0.2, 0) is 11.3 Å². The van der Waals surface area contributed by atoms with Gasteiger partial charge in [-0.15, -0.1) is 0 Å². The molecule has 2 rings (SSSR count). The minimum Gasteiger partial charge on any atom is -0.480 e. The van der Waals surface area contributed by atoms with Crippen molar-refractivity contribution < 1.29 is 9.90 Å². The van der Waals surface area contributed by atoms with Gasteiger partial charge in [-0.05, 0) is 44.0 Å². The molecule has 112 valence electrons. The molecule has 0 amide bonds. The number of fused-ring (bicyclic) bond motifs is 1. The number of aliphatic carboxylic acids is 1. The third-order valence-corrected chi connectivity index (χ3v) is 3.83. The Morgan fingerprint density at radius 2 is 2.10 bits per heavy atom. The highest BCUT2D eigenvalue weighted by Crippen LogP contribution is 2.17. The zero-order valence-electron chi connectivity index (χ0n) is 12.8. The van der Waals surface area contributed by atoms with Crippen LogP contribution in [0, 0.1) is 6.92 Å². The van der Waals surface area contributed by atoms with E-state index in [0.29, 0.717) is 6.54 Å². The van der Waals surface area contributed by atoms with Crippen LogP contribution in [-0.4, -0.2) is 33.5 Å². The lowest BCUT2D eigenvalue weighted by molar-refractivity contribution is -0.139. The van der Waals surface area contributed by atoms with Crippen molar-refractivity contribution >= 4 is 16.9 Å². The van der Waals surface area contributed by atoms with Gasteiger partial charge in [0.25, 0.3) is 0 Å². The van der Waals surface area contributed by atoms with E-state index in [9.17, 15) is 4.79 Å². The van der Waals surface area contributed by atoms with E-state index in [1.165, 1.54) is 0 Å². The number of rotatable bonds is 6. The van der Waals surface area contributed by atoms with E-state index in [4.69, 9.17) is 5.11 Å². The van der Waals surface area contributed by atoms with E-state index in [-0.39, 0.29) is 12.6 Å². The molecule has 0 saturated heterocycles. The second-order valence-corrected chi connectivity index (χ2v) is 5.54. The lowest BCUT2D eigenvalue weighted by Crippen LogP contribution is -2.36. The average Bonchev–Trinajstić information content (AvgIpc) is 2.45. The van der Waals surface area contributed by atoms with Crippen LogP contribution in [0.15, 0.2) is 30.3 Å². The lowest BCUT2D eigenvalue weighted by Gasteiger charge is -2.26. The molecule has 0 saturated carbocycles. The van der Waals surface area contributed by atoms with E-state index in [1.54, 1.807) is 0 Å². The maximum atomic E-state index is 11.0. The van der Waals surface area contributed by atoms with Crippen LogP contribution in [0.1, 0.15) is 31.5 Å². The fourth-order valence-electron chi connectivity index (χ4n) is 2.41. The van der Waals surface area contributed by atoms with Crippen molar-refractivity contribution in [2.24, 2.45) is 0 Å². The van der Waals surface area contributed by atoms with Gasteiger partial charge in [0, 0.05) is 23.7 Å². The van der Waals surface area contributed by atoms with Gasteiger partial charge >= 0.3 is 5.97 Å². The van der Waals surface area contributed by atoms with Gasteiger partial charge in [-0.25, -0.2) is 0 Å². The van der Waals surface area contributed by atoms with Crippen LogP contribution in [0.25, 0.3) is 10.9 Å². The Bertz CT molecular complexity index is 640. The standard InChI is InChI=1S/C17H22N2O2/c1-4-13(3)19(11-17(20)21)10-14-6-8-16-15(9-14)7-5-12(2)18-16/h5-9,13H,4,10-11H2,1-3H3,(H,20,21). The first-order valence-corrected chi connectivity index (χ1v) is 7.31. The molecule has 1 N–H and O–H groups in total. The highest BCUT2D eigenvalue weighted by molar-refractivity contribution is 5.79. The minimum atomic E-state index is -0.784. The van der Waals surface area contributed by atoms with Crippen LogP contribution in [0.5, 0.6) is 0 Å². The number of carbonyl (C=O) groups is 1. The van der Waals surface area contributed by atoms with E-state index in [2.05, 4.69) is 31.0 Å². The Kier molecular flexibility index (Phi) is 4.91. The summed E-state index contributed by atoms with van der Waals surface area (Å²) in [4.78, 5) is 17.5. The first-order valence-electron chi connectivity index (χ1n) is 7.31. The third-order valence-electron chi connectivity index (χ3n) is 3.83. The largest absolute Gasteiger partial charge is 0.480 e. The zero-order chi connectivity index (χ0) is 15.4. The molecule has 0 aliphatic carbocycles. The number of carboxylic acid groups (broad SMARTS) is 1. The van der Waals surface area contributed by atoms with Crippen LogP contribution in [0.4, 0.5) is 0 Å². The Labute approximate surface area is 125 Å². The predicted octanol–water partition coefficient (Wildman–Crippen LogP) is 3.23. The number of hydrogen-bond acceptors (Lipinski definition) is 3. The molecule has 0 aliphatic rings. The number of nitrogens with zero attached hydrogens (tertiary/aromatic N) is 2. The quantitative estimate of drug-likeness (QED) is 0.886. The molecule has 4 heteroatoms.